The average molecular weight is 429 g/mol. The Bertz CT molecular complexity index is 850. The van der Waals surface area contributed by atoms with Gasteiger partial charge in [-0.2, -0.15) is 0 Å². The SMILES string of the molecule is CCN(CC)CCOC(=O)c1ccc(NC(=S)NNC(=O)c2ccc(C)cc2)cc1. The van der Waals surface area contributed by atoms with Gasteiger partial charge in [0.25, 0.3) is 5.91 Å². The lowest BCUT2D eigenvalue weighted by atomic mass is 10.1. The van der Waals surface area contributed by atoms with Gasteiger partial charge in [-0.25, -0.2) is 4.79 Å². The van der Waals surface area contributed by atoms with E-state index < -0.39 is 0 Å². The molecule has 0 heterocycles. The van der Waals surface area contributed by atoms with E-state index in [0.29, 0.717) is 30.0 Å². The number of rotatable bonds is 8. The second kappa shape index (κ2) is 11.9. The molecule has 0 aromatic heterocycles. The molecule has 8 heteroatoms. The first kappa shape index (κ1) is 23.3. The van der Waals surface area contributed by atoms with Gasteiger partial charge in [-0.1, -0.05) is 31.5 Å². The van der Waals surface area contributed by atoms with Crippen molar-refractivity contribution in [1.82, 2.24) is 15.8 Å². The van der Waals surface area contributed by atoms with Crippen molar-refractivity contribution in [2.24, 2.45) is 0 Å². The summed E-state index contributed by atoms with van der Waals surface area (Å²) in [5.74, 6) is -0.651. The normalized spacial score (nSPS) is 10.4. The van der Waals surface area contributed by atoms with E-state index in [2.05, 4.69) is 34.9 Å². The molecule has 2 aromatic rings. The highest BCUT2D eigenvalue weighted by Gasteiger charge is 2.09. The maximum absolute atomic E-state index is 12.1. The number of nitrogens with one attached hydrogen (secondary N) is 3. The Hall–Kier alpha value is -2.97. The number of hydrogen-bond donors (Lipinski definition) is 3. The van der Waals surface area contributed by atoms with Crippen molar-refractivity contribution in [3.05, 3.63) is 65.2 Å². The molecule has 30 heavy (non-hydrogen) atoms. The van der Waals surface area contributed by atoms with Gasteiger partial charge >= 0.3 is 5.97 Å². The van der Waals surface area contributed by atoms with Gasteiger partial charge in [0.15, 0.2) is 5.11 Å². The lowest BCUT2D eigenvalue weighted by Gasteiger charge is -2.17. The predicted octanol–water partition coefficient (Wildman–Crippen LogP) is 3.13. The lowest BCUT2D eigenvalue weighted by Crippen LogP contribution is -2.43. The molecule has 0 aliphatic carbocycles. The van der Waals surface area contributed by atoms with E-state index in [9.17, 15) is 9.59 Å². The fourth-order valence-electron chi connectivity index (χ4n) is 2.63. The number of carbonyl (C=O) groups is 2. The van der Waals surface area contributed by atoms with Gasteiger partial charge in [0.1, 0.15) is 6.61 Å². The van der Waals surface area contributed by atoms with Crippen LogP contribution >= 0.6 is 12.2 Å². The van der Waals surface area contributed by atoms with Crippen molar-refractivity contribution >= 4 is 34.9 Å². The van der Waals surface area contributed by atoms with Gasteiger partial charge in [-0.05, 0) is 68.6 Å². The van der Waals surface area contributed by atoms with Crippen LogP contribution in [0.5, 0.6) is 0 Å². The van der Waals surface area contributed by atoms with Crippen LogP contribution in [0.1, 0.15) is 40.1 Å². The van der Waals surface area contributed by atoms with Crippen LogP contribution in [0.3, 0.4) is 0 Å². The average Bonchev–Trinajstić information content (AvgIpc) is 2.76. The minimum atomic E-state index is -0.361. The lowest BCUT2D eigenvalue weighted by molar-refractivity contribution is 0.0466. The summed E-state index contributed by atoms with van der Waals surface area (Å²) in [6.45, 7) is 9.02. The van der Waals surface area contributed by atoms with Crippen molar-refractivity contribution in [2.45, 2.75) is 20.8 Å². The molecule has 0 bridgehead atoms. The van der Waals surface area contributed by atoms with Crippen LogP contribution in [-0.2, 0) is 4.74 Å². The molecular weight excluding hydrogens is 400 g/mol. The van der Waals surface area contributed by atoms with Gasteiger partial charge < -0.3 is 15.0 Å². The summed E-state index contributed by atoms with van der Waals surface area (Å²) in [6.07, 6.45) is 0. The zero-order chi connectivity index (χ0) is 21.9. The highest BCUT2D eigenvalue weighted by Crippen LogP contribution is 2.10. The summed E-state index contributed by atoms with van der Waals surface area (Å²) >= 11 is 5.18. The molecule has 3 N–H and O–H groups in total. The molecule has 2 aromatic carbocycles. The number of likely N-dealkylation sites (N-methyl/N-ethyl adjacent to an activating group) is 1. The molecule has 0 unspecified atom stereocenters. The second-order valence-corrected chi connectivity index (χ2v) is 7.05. The topological polar surface area (TPSA) is 82.7 Å². The summed E-state index contributed by atoms with van der Waals surface area (Å²) in [5, 5.41) is 3.17. The van der Waals surface area contributed by atoms with Crippen LogP contribution in [0.25, 0.3) is 0 Å². The maximum Gasteiger partial charge on any atom is 0.338 e. The predicted molar refractivity (Wildman–Crippen MR) is 123 cm³/mol. The first-order valence-electron chi connectivity index (χ1n) is 9.86. The van der Waals surface area contributed by atoms with Crippen molar-refractivity contribution in [3.8, 4) is 0 Å². The Morgan fingerprint density at radius 1 is 0.933 bits per heavy atom. The van der Waals surface area contributed by atoms with Gasteiger partial charge in [0.05, 0.1) is 5.56 Å². The largest absolute Gasteiger partial charge is 0.461 e. The number of thiocarbonyl (C=S) groups is 1. The number of ether oxygens (including phenoxy) is 1. The highest BCUT2D eigenvalue weighted by molar-refractivity contribution is 7.80. The molecule has 7 nitrogen and oxygen atoms in total. The minimum absolute atomic E-state index is 0.227. The van der Waals surface area contributed by atoms with E-state index in [1.54, 1.807) is 36.4 Å². The number of carbonyl (C=O) groups excluding carboxylic acids is 2. The monoisotopic (exact) mass is 428 g/mol. The van der Waals surface area contributed by atoms with Crippen LogP contribution in [-0.4, -0.2) is 48.1 Å². The third-order valence-corrected chi connectivity index (χ3v) is 4.72. The molecule has 0 saturated heterocycles. The Kier molecular flexibility index (Phi) is 9.24. The molecule has 160 valence electrons. The van der Waals surface area contributed by atoms with Crippen molar-refractivity contribution < 1.29 is 14.3 Å². The molecule has 0 radical (unpaired) electrons. The Morgan fingerprint density at radius 2 is 1.53 bits per heavy atom. The number of amides is 1. The van der Waals surface area contributed by atoms with E-state index in [1.165, 1.54) is 0 Å². The first-order valence-corrected chi connectivity index (χ1v) is 10.3. The summed E-state index contributed by atoms with van der Waals surface area (Å²) in [4.78, 5) is 26.4. The van der Waals surface area contributed by atoms with Crippen LogP contribution in [0.15, 0.2) is 48.5 Å². The van der Waals surface area contributed by atoms with Gasteiger partial charge in [-0.15, -0.1) is 0 Å². The summed E-state index contributed by atoms with van der Waals surface area (Å²) < 4.78 is 5.31. The number of nitrogens with zero attached hydrogens (tertiary/aromatic N) is 1. The Balaban J connectivity index is 1.77. The number of esters is 1. The number of aryl methyl sites for hydroxylation is 1. The first-order chi connectivity index (χ1) is 14.4. The quantitative estimate of drug-likeness (QED) is 0.338. The number of hydrogen-bond acceptors (Lipinski definition) is 5. The molecule has 0 aliphatic heterocycles. The molecule has 0 fully saturated rings. The van der Waals surface area contributed by atoms with Gasteiger partial charge in [-0.3, -0.25) is 15.6 Å². The molecule has 0 aliphatic rings. The van der Waals surface area contributed by atoms with Crippen LogP contribution in [0.4, 0.5) is 5.69 Å². The van der Waals surface area contributed by atoms with Crippen molar-refractivity contribution in [1.29, 1.82) is 0 Å². The molecule has 0 spiro atoms. The number of anilines is 1. The summed E-state index contributed by atoms with van der Waals surface area (Å²) in [7, 11) is 0. The molecule has 2 rings (SSSR count). The molecule has 0 atom stereocenters. The minimum Gasteiger partial charge on any atom is -0.461 e. The highest BCUT2D eigenvalue weighted by atomic mass is 32.1. The third-order valence-electron chi connectivity index (χ3n) is 4.52. The third kappa shape index (κ3) is 7.46. The zero-order valence-corrected chi connectivity index (χ0v) is 18.3. The Morgan fingerprint density at radius 3 is 2.13 bits per heavy atom. The zero-order valence-electron chi connectivity index (χ0n) is 17.5. The van der Waals surface area contributed by atoms with E-state index in [4.69, 9.17) is 17.0 Å². The molecular formula is C22H28N4O3S. The summed E-state index contributed by atoms with van der Waals surface area (Å²) in [6, 6.07) is 14.0. The van der Waals surface area contributed by atoms with Crippen LogP contribution in [0.2, 0.25) is 0 Å². The Labute approximate surface area is 182 Å². The van der Waals surface area contributed by atoms with Gasteiger partial charge in [0, 0.05) is 17.8 Å². The second-order valence-electron chi connectivity index (χ2n) is 6.64. The van der Waals surface area contributed by atoms with Crippen LogP contribution < -0.4 is 16.2 Å². The number of benzene rings is 2. The van der Waals surface area contributed by atoms with E-state index in [0.717, 1.165) is 18.7 Å². The van der Waals surface area contributed by atoms with Crippen LogP contribution in [0, 0.1) is 6.92 Å². The van der Waals surface area contributed by atoms with E-state index >= 15 is 0 Å². The van der Waals surface area contributed by atoms with E-state index in [1.807, 2.05) is 19.1 Å². The smallest absolute Gasteiger partial charge is 0.338 e. The van der Waals surface area contributed by atoms with E-state index in [-0.39, 0.29) is 17.0 Å². The number of hydrazine groups is 1. The standard InChI is InChI=1S/C22H28N4O3S/c1-4-26(5-2)14-15-29-21(28)18-10-12-19(13-11-18)23-22(30)25-24-20(27)17-8-6-16(3)7-9-17/h6-13H,4-5,14-15H2,1-3H3,(H,24,27)(H2,23,25,30). The fraction of sp³-hybridized carbons (Fsp3) is 0.318. The van der Waals surface area contributed by atoms with Crippen molar-refractivity contribution in [2.75, 3.05) is 31.6 Å². The maximum atomic E-state index is 12.1. The molecule has 0 saturated carbocycles. The molecule has 1 amide bonds. The summed E-state index contributed by atoms with van der Waals surface area (Å²) in [5.41, 5.74) is 7.94. The van der Waals surface area contributed by atoms with Crippen molar-refractivity contribution in [3.63, 3.8) is 0 Å². The van der Waals surface area contributed by atoms with Gasteiger partial charge in [0.2, 0.25) is 0 Å². The fourth-order valence-corrected chi connectivity index (χ4v) is 2.80.